The third-order valence-electron chi connectivity index (χ3n) is 3.54. The Morgan fingerprint density at radius 2 is 1.30 bits per heavy atom. The molecule has 1 aliphatic carbocycles. The van der Waals surface area contributed by atoms with E-state index in [0.29, 0.717) is 0 Å². The second-order valence-corrected chi connectivity index (χ2v) is 5.17. The topological polar surface area (TPSA) is 24.1 Å². The number of anilines is 3. The lowest BCUT2D eigenvalue weighted by molar-refractivity contribution is 0.704. The molecule has 2 nitrogen and oxygen atoms in total. The van der Waals surface area contributed by atoms with Gasteiger partial charge in [0.25, 0.3) is 0 Å². The van der Waals surface area contributed by atoms with Crippen molar-refractivity contribution in [3.63, 3.8) is 0 Å². The molecule has 2 aromatic carbocycles. The maximum atomic E-state index is 3.51. The highest BCUT2D eigenvalue weighted by atomic mass is 14.9. The van der Waals surface area contributed by atoms with Gasteiger partial charge in [-0.25, -0.2) is 0 Å². The number of hydrogen-bond donors (Lipinski definition) is 2. The second-order valence-electron chi connectivity index (χ2n) is 5.17. The summed E-state index contributed by atoms with van der Waals surface area (Å²) >= 11 is 0. The highest BCUT2D eigenvalue weighted by molar-refractivity contribution is 5.63. The van der Waals surface area contributed by atoms with Crippen LogP contribution in [-0.4, -0.2) is 0 Å². The molecule has 0 fully saturated rings. The standard InChI is InChI=1S/C18H20N2/c1-3-7-15(8-4-1)19-17-11-13-18(14-12-17)20-16-9-5-2-6-10-16/h1,3-4,7-9,11-14,19-20H,2,5-6,10H2. The first-order valence-electron chi connectivity index (χ1n) is 7.28. The molecule has 102 valence electrons. The van der Waals surface area contributed by atoms with Crippen molar-refractivity contribution < 1.29 is 0 Å². The average molecular weight is 264 g/mol. The minimum absolute atomic E-state index is 1.11. The highest BCUT2D eigenvalue weighted by Gasteiger charge is 2.03. The van der Waals surface area contributed by atoms with Gasteiger partial charge in [-0.1, -0.05) is 24.3 Å². The first kappa shape index (κ1) is 12.8. The zero-order chi connectivity index (χ0) is 13.6. The molecule has 0 aromatic heterocycles. The average Bonchev–Trinajstić information content (AvgIpc) is 2.51. The molecule has 0 bridgehead atoms. The predicted octanol–water partition coefficient (Wildman–Crippen LogP) is 5.30. The minimum Gasteiger partial charge on any atom is -0.359 e. The van der Waals surface area contributed by atoms with Gasteiger partial charge in [0.2, 0.25) is 0 Å². The van der Waals surface area contributed by atoms with E-state index in [4.69, 9.17) is 0 Å². The van der Waals surface area contributed by atoms with Crippen LogP contribution in [0.2, 0.25) is 0 Å². The van der Waals surface area contributed by atoms with Crippen molar-refractivity contribution in [3.8, 4) is 0 Å². The van der Waals surface area contributed by atoms with Gasteiger partial charge in [0.1, 0.15) is 0 Å². The lowest BCUT2D eigenvalue weighted by Crippen LogP contribution is -2.03. The van der Waals surface area contributed by atoms with Crippen LogP contribution >= 0.6 is 0 Å². The molecule has 2 heteroatoms. The molecule has 20 heavy (non-hydrogen) atoms. The lowest BCUT2D eigenvalue weighted by Gasteiger charge is -2.15. The molecule has 0 amide bonds. The summed E-state index contributed by atoms with van der Waals surface area (Å²) in [5.74, 6) is 0. The van der Waals surface area contributed by atoms with Gasteiger partial charge in [-0.05, 0) is 62.1 Å². The molecular formula is C18H20N2. The molecule has 3 rings (SSSR count). The predicted molar refractivity (Wildman–Crippen MR) is 86.3 cm³/mol. The molecule has 0 atom stereocenters. The van der Waals surface area contributed by atoms with Gasteiger partial charge in [0.05, 0.1) is 0 Å². The third-order valence-corrected chi connectivity index (χ3v) is 3.54. The number of nitrogens with one attached hydrogen (secondary N) is 2. The van der Waals surface area contributed by atoms with E-state index in [0.717, 1.165) is 17.1 Å². The minimum atomic E-state index is 1.11. The van der Waals surface area contributed by atoms with Crippen molar-refractivity contribution in [2.24, 2.45) is 0 Å². The van der Waals surface area contributed by atoms with Gasteiger partial charge in [0.15, 0.2) is 0 Å². The van der Waals surface area contributed by atoms with Gasteiger partial charge in [-0.15, -0.1) is 0 Å². The van der Waals surface area contributed by atoms with Gasteiger partial charge in [-0.2, -0.15) is 0 Å². The van der Waals surface area contributed by atoms with Gasteiger partial charge < -0.3 is 10.6 Å². The quantitative estimate of drug-likeness (QED) is 0.783. The molecule has 2 N–H and O–H groups in total. The van der Waals surface area contributed by atoms with Crippen LogP contribution in [0.5, 0.6) is 0 Å². The molecular weight excluding hydrogens is 244 g/mol. The summed E-state index contributed by atoms with van der Waals surface area (Å²) in [5, 5.41) is 6.90. The van der Waals surface area contributed by atoms with Crippen molar-refractivity contribution in [2.45, 2.75) is 25.7 Å². The summed E-state index contributed by atoms with van der Waals surface area (Å²) in [6, 6.07) is 18.7. The van der Waals surface area contributed by atoms with Crippen molar-refractivity contribution in [1.29, 1.82) is 0 Å². The van der Waals surface area contributed by atoms with Gasteiger partial charge >= 0.3 is 0 Å². The van der Waals surface area contributed by atoms with Crippen LogP contribution in [-0.2, 0) is 0 Å². The van der Waals surface area contributed by atoms with Gasteiger partial charge in [-0.3, -0.25) is 0 Å². The van der Waals surface area contributed by atoms with E-state index in [-0.39, 0.29) is 0 Å². The van der Waals surface area contributed by atoms with Crippen molar-refractivity contribution in [3.05, 3.63) is 66.4 Å². The zero-order valence-electron chi connectivity index (χ0n) is 11.6. The molecule has 0 unspecified atom stereocenters. The highest BCUT2D eigenvalue weighted by Crippen LogP contribution is 2.22. The Hall–Kier alpha value is -2.22. The normalized spacial score (nSPS) is 14.5. The van der Waals surface area contributed by atoms with Crippen LogP contribution in [0.3, 0.4) is 0 Å². The van der Waals surface area contributed by atoms with Gasteiger partial charge in [0, 0.05) is 22.8 Å². The fourth-order valence-electron chi connectivity index (χ4n) is 2.46. The Kier molecular flexibility index (Phi) is 4.02. The van der Waals surface area contributed by atoms with Crippen LogP contribution in [0.25, 0.3) is 0 Å². The molecule has 0 heterocycles. The summed E-state index contributed by atoms with van der Waals surface area (Å²) in [6.45, 7) is 0. The summed E-state index contributed by atoms with van der Waals surface area (Å²) in [7, 11) is 0. The van der Waals surface area contributed by atoms with Crippen LogP contribution in [0, 0.1) is 0 Å². The van der Waals surface area contributed by atoms with Crippen LogP contribution < -0.4 is 10.6 Å². The summed E-state index contributed by atoms with van der Waals surface area (Å²) < 4.78 is 0. The van der Waals surface area contributed by atoms with Crippen LogP contribution in [0.1, 0.15) is 25.7 Å². The number of rotatable bonds is 4. The van der Waals surface area contributed by atoms with E-state index in [2.05, 4.69) is 53.1 Å². The molecule has 2 aromatic rings. The number of benzene rings is 2. The zero-order valence-corrected chi connectivity index (χ0v) is 11.6. The molecule has 0 aliphatic heterocycles. The Morgan fingerprint density at radius 1 is 0.650 bits per heavy atom. The largest absolute Gasteiger partial charge is 0.359 e. The summed E-state index contributed by atoms with van der Waals surface area (Å²) in [5.41, 5.74) is 4.75. The Balaban J connectivity index is 1.64. The number of hydrogen-bond acceptors (Lipinski definition) is 2. The second kappa shape index (κ2) is 6.29. The molecule has 1 aliphatic rings. The fraction of sp³-hybridized carbons (Fsp3) is 0.222. The van der Waals surface area contributed by atoms with E-state index >= 15 is 0 Å². The van der Waals surface area contributed by atoms with E-state index < -0.39 is 0 Å². The molecule has 0 radical (unpaired) electrons. The smallest absolute Gasteiger partial charge is 0.0385 e. The van der Waals surface area contributed by atoms with E-state index in [1.807, 2.05) is 18.2 Å². The molecule has 0 saturated heterocycles. The fourth-order valence-corrected chi connectivity index (χ4v) is 2.46. The number of allylic oxidation sites excluding steroid dienone is 2. The Morgan fingerprint density at radius 3 is 1.95 bits per heavy atom. The van der Waals surface area contributed by atoms with Crippen LogP contribution in [0.15, 0.2) is 66.4 Å². The third kappa shape index (κ3) is 3.41. The maximum absolute atomic E-state index is 3.51. The monoisotopic (exact) mass is 264 g/mol. The summed E-state index contributed by atoms with van der Waals surface area (Å²) in [6.07, 6.45) is 7.32. The lowest BCUT2D eigenvalue weighted by atomic mass is 10.0. The molecule has 0 saturated carbocycles. The molecule has 0 spiro atoms. The summed E-state index contributed by atoms with van der Waals surface area (Å²) in [4.78, 5) is 0. The SMILES string of the molecule is C1=C(Nc2ccc(Nc3ccccc3)cc2)CCCC1. The van der Waals surface area contributed by atoms with Crippen LogP contribution in [0.4, 0.5) is 17.1 Å². The van der Waals surface area contributed by atoms with E-state index in [1.54, 1.807) is 0 Å². The van der Waals surface area contributed by atoms with E-state index in [9.17, 15) is 0 Å². The van der Waals surface area contributed by atoms with Crippen molar-refractivity contribution >= 4 is 17.1 Å². The van der Waals surface area contributed by atoms with E-state index in [1.165, 1.54) is 31.4 Å². The Labute approximate surface area is 120 Å². The maximum Gasteiger partial charge on any atom is 0.0385 e. The first-order chi connectivity index (χ1) is 9.90. The first-order valence-corrected chi connectivity index (χ1v) is 7.28. The van der Waals surface area contributed by atoms with Crippen molar-refractivity contribution in [1.82, 2.24) is 0 Å². The number of para-hydroxylation sites is 1. The van der Waals surface area contributed by atoms with Crippen molar-refractivity contribution in [2.75, 3.05) is 10.6 Å². The Bertz CT molecular complexity index is 570.